The van der Waals surface area contributed by atoms with Crippen molar-refractivity contribution < 1.29 is 9.84 Å². The molecule has 0 bridgehead atoms. The highest BCUT2D eigenvalue weighted by molar-refractivity contribution is 6.38. The van der Waals surface area contributed by atoms with Crippen molar-refractivity contribution in [3.8, 4) is 0 Å². The van der Waals surface area contributed by atoms with Crippen LogP contribution in [0.15, 0.2) is 11.6 Å². The molecule has 0 spiro atoms. The Hall–Kier alpha value is -0.345. The molecule has 7 nitrogen and oxygen atoms in total. The molecule has 6 N–H and O–H groups in total. The summed E-state index contributed by atoms with van der Waals surface area (Å²) in [7, 11) is 17.1. The molecule has 4 rings (SSSR count). The largest absolute Gasteiger partial charge is 0.395 e. The predicted molar refractivity (Wildman–Crippen MR) is 125 cm³/mol. The Morgan fingerprint density at radius 1 is 1.19 bits per heavy atom. The van der Waals surface area contributed by atoms with Crippen molar-refractivity contribution in [1.29, 1.82) is 0 Å². The molecule has 3 heterocycles. The molecule has 7 atom stereocenters. The monoisotopic (exact) mass is 423 g/mol. The third-order valence-electron chi connectivity index (χ3n) is 7.20. The minimum absolute atomic E-state index is 0.0967. The average Bonchev–Trinajstić information content (AvgIpc) is 3.01. The van der Waals surface area contributed by atoms with Crippen molar-refractivity contribution in [2.24, 2.45) is 11.8 Å². The molecule has 0 aromatic heterocycles. The van der Waals surface area contributed by atoms with Gasteiger partial charge in [0.15, 0.2) is 0 Å². The molecule has 0 aromatic rings. The number of fused-ring (bicyclic) bond motifs is 1. The topological polar surface area (TPSA) is 89.6 Å². The second-order valence-electron chi connectivity index (χ2n) is 9.72. The first kappa shape index (κ1) is 23.8. The Kier molecular flexibility index (Phi) is 8.23. The quantitative estimate of drug-likeness (QED) is 0.188. The molecule has 3 fully saturated rings. The number of ether oxygens (including phenoxy) is 1. The van der Waals surface area contributed by atoms with E-state index >= 15 is 0 Å². The van der Waals surface area contributed by atoms with E-state index in [0.29, 0.717) is 36.7 Å². The summed E-state index contributed by atoms with van der Waals surface area (Å²) >= 11 is 0. The maximum Gasteiger partial charge on any atom is 0.120 e. The Balaban J connectivity index is 1.43. The highest BCUT2D eigenvalue weighted by atomic mass is 16.5. The fourth-order valence-electron chi connectivity index (χ4n) is 5.91. The summed E-state index contributed by atoms with van der Waals surface area (Å²) in [6.45, 7) is 2.93. The lowest BCUT2D eigenvalue weighted by molar-refractivity contribution is -0.0799. The van der Waals surface area contributed by atoms with Gasteiger partial charge in [0, 0.05) is 36.7 Å². The lowest BCUT2D eigenvalue weighted by Gasteiger charge is -2.48. The van der Waals surface area contributed by atoms with Gasteiger partial charge in [0.2, 0.25) is 0 Å². The number of hydrogen-bond acceptors (Lipinski definition) is 7. The molecule has 4 aliphatic rings. The molecule has 1 saturated carbocycles. The normalized spacial score (nSPS) is 39.9. The van der Waals surface area contributed by atoms with Gasteiger partial charge in [-0.05, 0) is 57.4 Å². The van der Waals surface area contributed by atoms with Gasteiger partial charge in [0.1, 0.15) is 22.0 Å². The van der Waals surface area contributed by atoms with E-state index in [0.717, 1.165) is 45.4 Å². The number of rotatable bonds is 6. The van der Waals surface area contributed by atoms with Crippen LogP contribution in [0, 0.1) is 11.8 Å². The molecule has 0 amide bonds. The van der Waals surface area contributed by atoms with Gasteiger partial charge in [-0.2, -0.15) is 0 Å². The molecule has 1 aliphatic carbocycles. The first-order valence-electron chi connectivity index (χ1n) is 12.0. The lowest BCUT2D eigenvalue weighted by Crippen LogP contribution is -2.71. The van der Waals surface area contributed by atoms with E-state index in [9.17, 15) is 5.11 Å². The second kappa shape index (κ2) is 10.7. The molecule has 6 radical (unpaired) electrons. The second-order valence-corrected chi connectivity index (χ2v) is 9.72. The van der Waals surface area contributed by atoms with E-state index in [1.54, 1.807) is 5.57 Å². The van der Waals surface area contributed by atoms with Gasteiger partial charge in [-0.25, -0.2) is 0 Å². The number of nitrogens with one attached hydrogen (secondary N) is 5. The molecule has 31 heavy (non-hydrogen) atoms. The molecule has 7 unspecified atom stereocenters. The fraction of sp³-hybridized carbons (Fsp3) is 0.905. The van der Waals surface area contributed by atoms with Gasteiger partial charge < -0.3 is 15.2 Å². The van der Waals surface area contributed by atoms with Gasteiger partial charge >= 0.3 is 0 Å². The highest BCUT2D eigenvalue weighted by Crippen LogP contribution is 2.42. The van der Waals surface area contributed by atoms with Crippen LogP contribution in [0.2, 0.25) is 6.32 Å². The molecular formula is C21H36B3N5O2. The summed E-state index contributed by atoms with van der Waals surface area (Å²) in [5, 5.41) is 26.8. The van der Waals surface area contributed by atoms with E-state index in [4.69, 9.17) is 28.3 Å². The van der Waals surface area contributed by atoms with E-state index in [1.807, 2.05) is 0 Å². The molecular weight excluding hydrogens is 387 g/mol. The Morgan fingerprint density at radius 3 is 2.87 bits per heavy atom. The Labute approximate surface area is 190 Å². The van der Waals surface area contributed by atoms with Crippen LogP contribution in [0.4, 0.5) is 0 Å². The first-order chi connectivity index (χ1) is 14.9. The van der Waals surface area contributed by atoms with Gasteiger partial charge in [-0.1, -0.05) is 18.0 Å². The maximum atomic E-state index is 9.77. The van der Waals surface area contributed by atoms with Crippen molar-refractivity contribution >= 4 is 23.5 Å². The van der Waals surface area contributed by atoms with Crippen LogP contribution < -0.4 is 26.6 Å². The Morgan fingerprint density at radius 2 is 2.06 bits per heavy atom. The number of aliphatic hydroxyl groups is 1. The zero-order valence-electron chi connectivity index (χ0n) is 18.5. The summed E-state index contributed by atoms with van der Waals surface area (Å²) in [6, 6.07) is 0.460. The zero-order chi connectivity index (χ0) is 21.8. The molecule has 0 aromatic carbocycles. The summed E-state index contributed by atoms with van der Waals surface area (Å²) in [4.78, 5) is 0. The maximum absolute atomic E-state index is 9.77. The molecule has 10 heteroatoms. The lowest BCUT2D eigenvalue weighted by atomic mass is 9.69. The summed E-state index contributed by atoms with van der Waals surface area (Å²) < 4.78 is 6.33. The van der Waals surface area contributed by atoms with Gasteiger partial charge in [-0.15, -0.1) is 0 Å². The van der Waals surface area contributed by atoms with E-state index in [1.165, 1.54) is 12.8 Å². The van der Waals surface area contributed by atoms with Gasteiger partial charge in [0.25, 0.3) is 0 Å². The van der Waals surface area contributed by atoms with E-state index < -0.39 is 5.52 Å². The van der Waals surface area contributed by atoms with Crippen molar-refractivity contribution in [3.05, 3.63) is 11.6 Å². The van der Waals surface area contributed by atoms with Crippen LogP contribution in [-0.4, -0.2) is 84.5 Å². The standard InChI is InChI=1S/C21H36B3N5O2/c22-12-16-11-18(29-21(23,24)30)28-20(27-16)26-15-9-14-4-2-8-31-19(14)17(10-15)13-3-1-6-25-7-5-13/h5,14-20,25-30H,1-4,6-12H2. The third-order valence-corrected chi connectivity index (χ3v) is 7.20. The van der Waals surface area contributed by atoms with Crippen molar-refractivity contribution in [1.82, 2.24) is 26.6 Å². The summed E-state index contributed by atoms with van der Waals surface area (Å²) in [6.07, 6.45) is 10.4. The van der Waals surface area contributed by atoms with Gasteiger partial charge in [0.05, 0.1) is 20.1 Å². The average molecular weight is 423 g/mol. The molecule has 2 saturated heterocycles. The minimum Gasteiger partial charge on any atom is -0.395 e. The van der Waals surface area contributed by atoms with Crippen LogP contribution in [0.5, 0.6) is 0 Å². The van der Waals surface area contributed by atoms with Crippen LogP contribution >= 0.6 is 0 Å². The predicted octanol–water partition coefficient (Wildman–Crippen LogP) is -0.862. The summed E-state index contributed by atoms with van der Waals surface area (Å²) in [5.41, 5.74) is -0.366. The summed E-state index contributed by atoms with van der Waals surface area (Å²) in [5.74, 6) is 1.06. The minimum atomic E-state index is -1.93. The van der Waals surface area contributed by atoms with E-state index in [2.05, 4.69) is 32.7 Å². The van der Waals surface area contributed by atoms with Crippen LogP contribution in [0.25, 0.3) is 0 Å². The van der Waals surface area contributed by atoms with Crippen LogP contribution in [0.3, 0.4) is 0 Å². The SMILES string of the molecule is [B]CC1CC(NC([B])([B])O)NC(NC2CC3CCCOC3C(C3=CCNCCC3)C2)N1. The van der Waals surface area contributed by atoms with Crippen LogP contribution in [-0.2, 0) is 4.74 Å². The van der Waals surface area contributed by atoms with Crippen molar-refractivity contribution in [2.45, 2.75) is 87.4 Å². The molecule has 3 aliphatic heterocycles. The number of hydrogen-bond donors (Lipinski definition) is 6. The molecule has 166 valence electrons. The Bertz CT molecular complexity index is 620. The zero-order valence-corrected chi connectivity index (χ0v) is 18.5. The third kappa shape index (κ3) is 6.59. The van der Waals surface area contributed by atoms with Crippen molar-refractivity contribution in [2.75, 3.05) is 19.7 Å². The van der Waals surface area contributed by atoms with Crippen LogP contribution in [0.1, 0.15) is 44.9 Å². The smallest absolute Gasteiger partial charge is 0.120 e. The van der Waals surface area contributed by atoms with Crippen molar-refractivity contribution in [3.63, 3.8) is 0 Å². The van der Waals surface area contributed by atoms with E-state index in [-0.39, 0.29) is 18.5 Å². The fourth-order valence-corrected chi connectivity index (χ4v) is 5.91. The highest BCUT2D eigenvalue weighted by Gasteiger charge is 2.42. The van der Waals surface area contributed by atoms with Gasteiger partial charge in [-0.3, -0.25) is 21.3 Å². The first-order valence-corrected chi connectivity index (χ1v) is 12.0.